The number of rotatable bonds is 6. The minimum absolute atomic E-state index is 0.0237. The van der Waals surface area contributed by atoms with Gasteiger partial charge in [-0.05, 0) is 25.5 Å². The molecule has 0 heterocycles. The molecule has 0 saturated carbocycles. The second-order valence-corrected chi connectivity index (χ2v) is 5.30. The van der Waals surface area contributed by atoms with E-state index in [0.717, 1.165) is 0 Å². The lowest BCUT2D eigenvalue weighted by Gasteiger charge is -2.22. The Kier molecular flexibility index (Phi) is 5.72. The van der Waals surface area contributed by atoms with Gasteiger partial charge in [0.25, 0.3) is 5.91 Å². The highest BCUT2D eigenvalue weighted by Gasteiger charge is 2.33. The van der Waals surface area contributed by atoms with E-state index in [4.69, 9.17) is 4.74 Å². The van der Waals surface area contributed by atoms with Crippen molar-refractivity contribution in [1.29, 1.82) is 0 Å². The molecular formula is C17H21NO4. The van der Waals surface area contributed by atoms with Gasteiger partial charge in [-0.3, -0.25) is 4.79 Å². The summed E-state index contributed by atoms with van der Waals surface area (Å²) in [5, 5.41) is 12.0. The van der Waals surface area contributed by atoms with Crippen LogP contribution in [0.4, 0.5) is 0 Å². The van der Waals surface area contributed by atoms with Gasteiger partial charge < -0.3 is 15.2 Å². The van der Waals surface area contributed by atoms with Crippen molar-refractivity contribution in [2.24, 2.45) is 11.8 Å². The van der Waals surface area contributed by atoms with Crippen LogP contribution in [0.15, 0.2) is 42.5 Å². The van der Waals surface area contributed by atoms with Crippen molar-refractivity contribution < 1.29 is 19.4 Å². The second kappa shape index (κ2) is 7.75. The van der Waals surface area contributed by atoms with Crippen molar-refractivity contribution >= 4 is 11.9 Å². The molecule has 0 spiro atoms. The van der Waals surface area contributed by atoms with Crippen LogP contribution in [-0.2, 0) is 9.53 Å². The zero-order valence-electron chi connectivity index (χ0n) is 12.6. The van der Waals surface area contributed by atoms with E-state index in [2.05, 4.69) is 5.32 Å². The molecule has 0 unspecified atom stereocenters. The Morgan fingerprint density at radius 1 is 1.32 bits per heavy atom. The summed E-state index contributed by atoms with van der Waals surface area (Å²) >= 11 is 0. The lowest BCUT2D eigenvalue weighted by Crippen LogP contribution is -2.46. The first-order valence-electron chi connectivity index (χ1n) is 7.47. The molecule has 0 aliphatic heterocycles. The molecule has 2 rings (SSSR count). The maximum atomic E-state index is 12.3. The van der Waals surface area contributed by atoms with Crippen molar-refractivity contribution in [3.63, 3.8) is 0 Å². The van der Waals surface area contributed by atoms with E-state index < -0.39 is 12.0 Å². The number of nitrogens with one attached hydrogen (secondary N) is 1. The third-order valence-corrected chi connectivity index (χ3v) is 3.73. The number of amides is 1. The summed E-state index contributed by atoms with van der Waals surface area (Å²) in [6.07, 6.45) is 4.37. The molecule has 1 aromatic rings. The van der Waals surface area contributed by atoms with Crippen LogP contribution in [0.5, 0.6) is 0 Å². The van der Waals surface area contributed by atoms with E-state index in [1.54, 1.807) is 31.2 Å². The SMILES string of the molecule is CCOC(=O)[C@H](NC(=O)c1ccccc1)[C@H]1C=C[C@@H](CO)C1. The standard InChI is InChI=1S/C17H21NO4/c1-2-22-17(21)15(14-9-8-12(10-14)11-19)18-16(20)13-6-4-3-5-7-13/h3-9,12,14-15,19H,2,10-11H2,1H3,(H,18,20)/t12-,14+,15-/m1/s1. The van der Waals surface area contributed by atoms with Gasteiger partial charge >= 0.3 is 5.97 Å². The fraction of sp³-hybridized carbons (Fsp3) is 0.412. The number of carbonyl (C=O) groups excluding carboxylic acids is 2. The Labute approximate surface area is 130 Å². The minimum Gasteiger partial charge on any atom is -0.464 e. The molecule has 0 aromatic heterocycles. The Morgan fingerprint density at radius 3 is 2.64 bits per heavy atom. The number of aliphatic hydroxyl groups excluding tert-OH is 1. The van der Waals surface area contributed by atoms with Gasteiger partial charge in [0.1, 0.15) is 6.04 Å². The first-order valence-corrected chi connectivity index (χ1v) is 7.47. The molecule has 0 bridgehead atoms. The Balaban J connectivity index is 2.10. The van der Waals surface area contributed by atoms with Crippen molar-refractivity contribution in [3.05, 3.63) is 48.0 Å². The van der Waals surface area contributed by atoms with Crippen LogP contribution in [0.2, 0.25) is 0 Å². The maximum Gasteiger partial charge on any atom is 0.329 e. The van der Waals surface area contributed by atoms with Crippen LogP contribution < -0.4 is 5.32 Å². The normalized spacial score (nSPS) is 21.4. The smallest absolute Gasteiger partial charge is 0.329 e. The van der Waals surface area contributed by atoms with Gasteiger partial charge in [0.15, 0.2) is 0 Å². The molecule has 1 amide bonds. The molecule has 0 fully saturated rings. The van der Waals surface area contributed by atoms with Crippen LogP contribution in [0.1, 0.15) is 23.7 Å². The molecule has 22 heavy (non-hydrogen) atoms. The van der Waals surface area contributed by atoms with Gasteiger partial charge in [0.2, 0.25) is 0 Å². The van der Waals surface area contributed by atoms with Gasteiger partial charge in [-0.25, -0.2) is 4.79 Å². The number of ether oxygens (including phenoxy) is 1. The quantitative estimate of drug-likeness (QED) is 0.617. The van der Waals surface area contributed by atoms with Crippen molar-refractivity contribution in [1.82, 2.24) is 5.32 Å². The molecule has 0 radical (unpaired) electrons. The van der Waals surface area contributed by atoms with Crippen LogP contribution in [0.25, 0.3) is 0 Å². The second-order valence-electron chi connectivity index (χ2n) is 5.30. The van der Waals surface area contributed by atoms with Gasteiger partial charge in [0.05, 0.1) is 6.61 Å². The number of hydrogen-bond donors (Lipinski definition) is 2. The van der Waals surface area contributed by atoms with E-state index in [9.17, 15) is 14.7 Å². The largest absolute Gasteiger partial charge is 0.464 e. The van der Waals surface area contributed by atoms with Gasteiger partial charge in [-0.15, -0.1) is 0 Å². The van der Waals surface area contributed by atoms with Gasteiger partial charge in [-0.2, -0.15) is 0 Å². The number of carbonyl (C=O) groups is 2. The predicted octanol–water partition coefficient (Wildman–Crippen LogP) is 1.53. The minimum atomic E-state index is -0.736. The van der Waals surface area contributed by atoms with Crippen molar-refractivity contribution in [3.8, 4) is 0 Å². The highest BCUT2D eigenvalue weighted by molar-refractivity contribution is 5.96. The highest BCUT2D eigenvalue weighted by Crippen LogP contribution is 2.26. The van der Waals surface area contributed by atoms with E-state index in [1.807, 2.05) is 18.2 Å². The fourth-order valence-corrected chi connectivity index (χ4v) is 2.58. The Morgan fingerprint density at radius 2 is 2.05 bits per heavy atom. The summed E-state index contributed by atoms with van der Waals surface area (Å²) in [7, 11) is 0. The summed E-state index contributed by atoms with van der Waals surface area (Å²) in [4.78, 5) is 24.4. The third-order valence-electron chi connectivity index (χ3n) is 3.73. The fourth-order valence-electron chi connectivity index (χ4n) is 2.58. The van der Waals surface area contributed by atoms with Crippen molar-refractivity contribution in [2.45, 2.75) is 19.4 Å². The third kappa shape index (κ3) is 3.95. The molecule has 5 nitrogen and oxygen atoms in total. The molecular weight excluding hydrogens is 282 g/mol. The van der Waals surface area contributed by atoms with Crippen LogP contribution >= 0.6 is 0 Å². The molecule has 3 atom stereocenters. The first-order chi connectivity index (χ1) is 10.7. The maximum absolute atomic E-state index is 12.3. The van der Waals surface area contributed by atoms with Gasteiger partial charge in [-0.1, -0.05) is 30.4 Å². The molecule has 0 saturated heterocycles. The van der Waals surface area contributed by atoms with E-state index in [1.165, 1.54) is 0 Å². The Hall–Kier alpha value is -2.14. The van der Waals surface area contributed by atoms with E-state index >= 15 is 0 Å². The summed E-state index contributed by atoms with van der Waals surface area (Å²) in [5.41, 5.74) is 0.498. The number of hydrogen-bond acceptors (Lipinski definition) is 4. The average molecular weight is 303 g/mol. The first kappa shape index (κ1) is 16.2. The zero-order valence-corrected chi connectivity index (χ0v) is 12.6. The van der Waals surface area contributed by atoms with E-state index in [0.29, 0.717) is 12.0 Å². The van der Waals surface area contributed by atoms with Crippen LogP contribution in [0, 0.1) is 11.8 Å². The monoisotopic (exact) mass is 303 g/mol. The van der Waals surface area contributed by atoms with Crippen LogP contribution in [-0.4, -0.2) is 36.2 Å². The molecule has 1 aromatic carbocycles. The lowest BCUT2D eigenvalue weighted by atomic mass is 9.95. The van der Waals surface area contributed by atoms with E-state index in [-0.39, 0.29) is 31.0 Å². The lowest BCUT2D eigenvalue weighted by molar-refractivity contribution is -0.146. The number of benzene rings is 1. The molecule has 5 heteroatoms. The van der Waals surface area contributed by atoms with Gasteiger partial charge in [0, 0.05) is 24.0 Å². The topological polar surface area (TPSA) is 75.6 Å². The molecule has 118 valence electrons. The summed E-state index contributed by atoms with van der Waals surface area (Å²) in [5.74, 6) is -0.890. The summed E-state index contributed by atoms with van der Waals surface area (Å²) in [6.45, 7) is 2.03. The zero-order chi connectivity index (χ0) is 15.9. The summed E-state index contributed by atoms with van der Waals surface area (Å²) < 4.78 is 5.07. The Bertz CT molecular complexity index is 541. The average Bonchev–Trinajstić information content (AvgIpc) is 3.02. The predicted molar refractivity (Wildman–Crippen MR) is 82.2 cm³/mol. The number of aliphatic hydroxyl groups is 1. The highest BCUT2D eigenvalue weighted by atomic mass is 16.5. The molecule has 1 aliphatic carbocycles. The molecule has 2 N–H and O–H groups in total. The molecule has 1 aliphatic rings. The summed E-state index contributed by atoms with van der Waals surface area (Å²) in [6, 6.07) is 8.01. The van der Waals surface area contributed by atoms with Crippen molar-refractivity contribution in [2.75, 3.05) is 13.2 Å². The van der Waals surface area contributed by atoms with Crippen LogP contribution in [0.3, 0.4) is 0 Å². The number of esters is 1.